The average Bonchev–Trinajstić information content (AvgIpc) is 3.17. The third-order valence-corrected chi connectivity index (χ3v) is 4.34. The number of nitrogens with zero attached hydrogens (tertiary/aromatic N) is 2. The van der Waals surface area contributed by atoms with Crippen LogP contribution in [0, 0.1) is 5.92 Å². The standard InChI is InChI=1S/C17H17N3O.ClH/c1-20-9-13(12-4-2-3-5-16(12)20)17(21)11-6-7-14-15(8-11)19-10-18-14;/h2-5,9-11H,6-8H2,1H3,(H,18,19);1H/t11-;/m0./s1/i1D3;. The first kappa shape index (κ1) is 11.5. The number of Topliss-reactive ketones (excluding diaryl/α,β-unsaturated/α-hetero) is 1. The van der Waals surface area contributed by atoms with Crippen LogP contribution in [0.4, 0.5) is 0 Å². The maximum Gasteiger partial charge on any atom is 0.168 e. The van der Waals surface area contributed by atoms with Gasteiger partial charge in [0.1, 0.15) is 0 Å². The van der Waals surface area contributed by atoms with Crippen LogP contribution < -0.4 is 0 Å². The smallest absolute Gasteiger partial charge is 0.168 e. The number of carbonyl (C=O) groups is 1. The molecule has 2 aromatic heterocycles. The number of hydrogen-bond acceptors (Lipinski definition) is 2. The van der Waals surface area contributed by atoms with Crippen molar-refractivity contribution in [1.82, 2.24) is 14.5 Å². The highest BCUT2D eigenvalue weighted by Gasteiger charge is 2.28. The second-order valence-electron chi connectivity index (χ2n) is 5.56. The summed E-state index contributed by atoms with van der Waals surface area (Å²) in [6.07, 6.45) is 5.29. The lowest BCUT2D eigenvalue weighted by Crippen LogP contribution is -2.22. The van der Waals surface area contributed by atoms with Gasteiger partial charge in [0.15, 0.2) is 5.78 Å². The van der Waals surface area contributed by atoms with Crippen LogP contribution in [0.3, 0.4) is 0 Å². The lowest BCUT2D eigenvalue weighted by Gasteiger charge is -2.19. The van der Waals surface area contributed by atoms with E-state index in [9.17, 15) is 4.79 Å². The zero-order chi connectivity index (χ0) is 16.9. The second-order valence-corrected chi connectivity index (χ2v) is 5.56. The molecule has 2 heterocycles. The number of benzene rings is 1. The Morgan fingerprint density at radius 3 is 3.18 bits per heavy atom. The third-order valence-electron chi connectivity index (χ3n) is 4.34. The molecule has 0 saturated carbocycles. The molecule has 1 N–H and O–H groups in total. The van der Waals surface area contributed by atoms with Gasteiger partial charge in [-0.15, -0.1) is 12.4 Å². The van der Waals surface area contributed by atoms with Crippen molar-refractivity contribution in [3.8, 4) is 0 Å². The van der Waals surface area contributed by atoms with Crippen LogP contribution >= 0.6 is 12.4 Å². The first-order valence-corrected chi connectivity index (χ1v) is 7.11. The van der Waals surface area contributed by atoms with Crippen molar-refractivity contribution in [2.45, 2.75) is 19.3 Å². The molecule has 0 amide bonds. The normalized spacial score (nSPS) is 19.6. The Morgan fingerprint density at radius 2 is 2.32 bits per heavy atom. The number of halogens is 1. The van der Waals surface area contributed by atoms with Gasteiger partial charge in [-0.1, -0.05) is 18.2 Å². The van der Waals surface area contributed by atoms with Crippen LogP contribution in [0.15, 0.2) is 36.8 Å². The van der Waals surface area contributed by atoms with Crippen LogP contribution in [-0.4, -0.2) is 20.3 Å². The number of carbonyl (C=O) groups excluding carboxylic acids is 1. The van der Waals surface area contributed by atoms with Gasteiger partial charge in [-0.2, -0.15) is 0 Å². The maximum atomic E-state index is 13.1. The fraction of sp³-hybridized carbons (Fsp3) is 0.294. The van der Waals surface area contributed by atoms with Crippen LogP contribution in [0.25, 0.3) is 10.9 Å². The van der Waals surface area contributed by atoms with Gasteiger partial charge in [-0.3, -0.25) is 4.79 Å². The molecular weight excluding hydrogens is 298 g/mol. The first-order valence-electron chi connectivity index (χ1n) is 8.61. The molecule has 22 heavy (non-hydrogen) atoms. The van der Waals surface area contributed by atoms with E-state index in [2.05, 4.69) is 9.97 Å². The molecule has 1 aromatic carbocycles. The number of aromatic amines is 1. The van der Waals surface area contributed by atoms with Gasteiger partial charge in [-0.25, -0.2) is 4.98 Å². The lowest BCUT2D eigenvalue weighted by molar-refractivity contribution is 0.0909. The van der Waals surface area contributed by atoms with Crippen molar-refractivity contribution >= 4 is 29.1 Å². The van der Waals surface area contributed by atoms with Gasteiger partial charge < -0.3 is 9.55 Å². The number of ketones is 1. The van der Waals surface area contributed by atoms with Crippen LogP contribution in [0.5, 0.6) is 0 Å². The van der Waals surface area contributed by atoms with E-state index in [0.29, 0.717) is 22.9 Å². The molecule has 4 nitrogen and oxygen atoms in total. The summed E-state index contributed by atoms with van der Waals surface area (Å²) in [6, 6.07) is 7.18. The predicted octanol–water partition coefficient (Wildman–Crippen LogP) is 3.31. The third kappa shape index (κ3) is 2.24. The number of aromatic nitrogens is 3. The van der Waals surface area contributed by atoms with E-state index in [-0.39, 0.29) is 24.1 Å². The molecule has 1 aliphatic carbocycles. The van der Waals surface area contributed by atoms with Crippen LogP contribution in [0.2, 0.25) is 0 Å². The van der Waals surface area contributed by atoms with Crippen molar-refractivity contribution in [3.05, 3.63) is 53.7 Å². The minimum Gasteiger partial charge on any atom is -0.350 e. The molecule has 0 aliphatic heterocycles. The molecule has 0 unspecified atom stereocenters. The number of fused-ring (bicyclic) bond motifs is 2. The average molecular weight is 319 g/mol. The summed E-state index contributed by atoms with van der Waals surface area (Å²) < 4.78 is 24.3. The number of rotatable bonds is 2. The van der Waals surface area contributed by atoms with Crippen molar-refractivity contribution in [1.29, 1.82) is 0 Å². The van der Waals surface area contributed by atoms with Gasteiger partial charge in [0, 0.05) is 45.4 Å². The molecule has 4 rings (SSSR count). The minimum atomic E-state index is -2.30. The molecule has 5 heteroatoms. The SMILES string of the molecule is Cl.[2H]C([2H])([2H])n1cc(C(=O)[C@H]2CCc3nc[nH]c3C2)c2ccccc21. The fourth-order valence-electron chi connectivity index (χ4n) is 3.22. The molecule has 0 bridgehead atoms. The zero-order valence-corrected chi connectivity index (χ0v) is 12.7. The number of imidazole rings is 1. The monoisotopic (exact) mass is 318 g/mol. The Hall–Kier alpha value is -2.07. The van der Waals surface area contributed by atoms with E-state index in [1.807, 2.05) is 12.1 Å². The fourth-order valence-corrected chi connectivity index (χ4v) is 3.22. The van der Waals surface area contributed by atoms with Crippen molar-refractivity contribution in [3.63, 3.8) is 0 Å². The van der Waals surface area contributed by atoms with Gasteiger partial charge in [-0.05, 0) is 25.3 Å². The van der Waals surface area contributed by atoms with E-state index in [4.69, 9.17) is 4.11 Å². The molecule has 114 valence electrons. The summed E-state index contributed by atoms with van der Waals surface area (Å²) in [4.78, 5) is 20.4. The summed E-state index contributed by atoms with van der Waals surface area (Å²) in [7, 11) is 0. The molecule has 0 saturated heterocycles. The van der Waals surface area contributed by atoms with E-state index < -0.39 is 6.98 Å². The molecule has 0 fully saturated rings. The van der Waals surface area contributed by atoms with Crippen molar-refractivity contribution in [2.75, 3.05) is 0 Å². The number of para-hydroxylation sites is 1. The topological polar surface area (TPSA) is 50.7 Å². The summed E-state index contributed by atoms with van der Waals surface area (Å²) in [5, 5.41) is 0.703. The number of nitrogens with one attached hydrogen (secondary N) is 1. The first-order chi connectivity index (χ1) is 11.4. The Kier molecular flexibility index (Phi) is 2.93. The van der Waals surface area contributed by atoms with Crippen LogP contribution in [0.1, 0.15) is 32.3 Å². The number of hydrogen-bond donors (Lipinski definition) is 1. The molecular formula is C17H18ClN3O. The summed E-state index contributed by atoms with van der Waals surface area (Å²) >= 11 is 0. The minimum absolute atomic E-state index is 0. The predicted molar refractivity (Wildman–Crippen MR) is 88.6 cm³/mol. The highest BCUT2D eigenvalue weighted by molar-refractivity contribution is 6.09. The maximum absolute atomic E-state index is 13.1. The summed E-state index contributed by atoms with van der Waals surface area (Å²) in [5.74, 6) is -0.136. The van der Waals surface area contributed by atoms with Gasteiger partial charge in [0.05, 0.1) is 12.0 Å². The van der Waals surface area contributed by atoms with E-state index in [0.717, 1.165) is 24.2 Å². The highest BCUT2D eigenvalue weighted by atomic mass is 35.5. The van der Waals surface area contributed by atoms with Gasteiger partial charge in [0.2, 0.25) is 0 Å². The Balaban J connectivity index is 0.00000182. The molecule has 1 atom stereocenters. The number of H-pyrrole nitrogens is 1. The molecule has 1 aliphatic rings. The van der Waals surface area contributed by atoms with Crippen molar-refractivity contribution < 1.29 is 8.91 Å². The van der Waals surface area contributed by atoms with Crippen LogP contribution in [-0.2, 0) is 19.8 Å². The lowest BCUT2D eigenvalue weighted by atomic mass is 9.84. The Bertz CT molecular complexity index is 929. The summed E-state index contributed by atoms with van der Waals surface area (Å²) in [5.41, 5.74) is 3.11. The summed E-state index contributed by atoms with van der Waals surface area (Å²) in [6.45, 7) is -2.30. The zero-order valence-electron chi connectivity index (χ0n) is 14.9. The van der Waals surface area contributed by atoms with E-state index in [1.165, 1.54) is 10.8 Å². The van der Waals surface area contributed by atoms with E-state index in [1.54, 1.807) is 18.5 Å². The highest BCUT2D eigenvalue weighted by Crippen LogP contribution is 2.29. The molecule has 3 aromatic rings. The Labute approximate surface area is 139 Å². The number of aryl methyl sites for hydroxylation is 2. The molecule has 0 spiro atoms. The van der Waals surface area contributed by atoms with Crippen molar-refractivity contribution in [2.24, 2.45) is 12.9 Å². The quantitative estimate of drug-likeness (QED) is 0.737. The van der Waals surface area contributed by atoms with Gasteiger partial charge >= 0.3 is 0 Å². The second kappa shape index (κ2) is 5.61. The van der Waals surface area contributed by atoms with Gasteiger partial charge in [0.25, 0.3) is 0 Å². The largest absolute Gasteiger partial charge is 0.350 e. The van der Waals surface area contributed by atoms with E-state index >= 15 is 0 Å². The molecule has 0 radical (unpaired) electrons. The Morgan fingerprint density at radius 1 is 1.45 bits per heavy atom.